The number of terminal acetylenes is 1. The lowest BCUT2D eigenvalue weighted by Gasteiger charge is -2.15. The number of halogens is 3. The number of nitrogens with two attached hydrogens (primary N) is 1. The van der Waals surface area contributed by atoms with E-state index in [0.29, 0.717) is 11.1 Å². The molecule has 1 aromatic carbocycles. The maximum Gasteiger partial charge on any atom is 0.403 e. The summed E-state index contributed by atoms with van der Waals surface area (Å²) in [6, 6.07) is 4.48. The molecule has 0 aliphatic rings. The molecule has 1 atom stereocenters. The monoisotopic (exact) mass is 213 g/mol. The molecule has 0 fully saturated rings. The summed E-state index contributed by atoms with van der Waals surface area (Å²) in [6.45, 7) is 0. The number of rotatable bonds is 2. The first-order valence-electron chi connectivity index (χ1n) is 4.31. The van der Waals surface area contributed by atoms with E-state index in [2.05, 4.69) is 5.92 Å². The molecule has 1 rings (SSSR count). The SMILES string of the molecule is C#Cc1ccc(CC(N)C(F)(F)F)cc1. The highest BCUT2D eigenvalue weighted by molar-refractivity contribution is 5.34. The van der Waals surface area contributed by atoms with Gasteiger partial charge in [-0.15, -0.1) is 6.42 Å². The zero-order chi connectivity index (χ0) is 11.5. The predicted molar refractivity (Wildman–Crippen MR) is 52.1 cm³/mol. The highest BCUT2D eigenvalue weighted by Gasteiger charge is 2.36. The molecule has 0 bridgehead atoms. The second-order valence-corrected chi connectivity index (χ2v) is 3.19. The van der Waals surface area contributed by atoms with E-state index in [0.717, 1.165) is 0 Å². The van der Waals surface area contributed by atoms with Gasteiger partial charge in [0.15, 0.2) is 0 Å². The molecule has 0 heterocycles. The molecule has 0 aliphatic carbocycles. The van der Waals surface area contributed by atoms with Crippen molar-refractivity contribution < 1.29 is 13.2 Å². The van der Waals surface area contributed by atoms with Crippen LogP contribution >= 0.6 is 0 Å². The van der Waals surface area contributed by atoms with Crippen LogP contribution in [0.15, 0.2) is 24.3 Å². The molecule has 0 aromatic heterocycles. The first-order valence-corrected chi connectivity index (χ1v) is 4.31. The van der Waals surface area contributed by atoms with Gasteiger partial charge in [0.05, 0.1) is 0 Å². The zero-order valence-corrected chi connectivity index (χ0v) is 7.88. The third-order valence-corrected chi connectivity index (χ3v) is 2.00. The van der Waals surface area contributed by atoms with E-state index in [-0.39, 0.29) is 6.42 Å². The minimum Gasteiger partial charge on any atom is -0.320 e. The van der Waals surface area contributed by atoms with Gasteiger partial charge in [0.1, 0.15) is 6.04 Å². The third kappa shape index (κ3) is 3.30. The van der Waals surface area contributed by atoms with Crippen molar-refractivity contribution in [1.29, 1.82) is 0 Å². The van der Waals surface area contributed by atoms with Crippen LogP contribution in [-0.2, 0) is 6.42 Å². The standard InChI is InChI=1S/C11H10F3N/c1-2-8-3-5-9(6-4-8)7-10(15)11(12,13)14/h1,3-6,10H,7,15H2. The second-order valence-electron chi connectivity index (χ2n) is 3.19. The minimum absolute atomic E-state index is 0.228. The van der Waals surface area contributed by atoms with Crippen LogP contribution in [0.2, 0.25) is 0 Å². The molecular formula is C11H10F3N. The van der Waals surface area contributed by atoms with Crippen LogP contribution in [0.4, 0.5) is 13.2 Å². The predicted octanol–water partition coefficient (Wildman–Crippen LogP) is 2.10. The van der Waals surface area contributed by atoms with Crippen LogP contribution in [0.25, 0.3) is 0 Å². The first kappa shape index (κ1) is 11.6. The third-order valence-electron chi connectivity index (χ3n) is 2.00. The summed E-state index contributed by atoms with van der Waals surface area (Å²) >= 11 is 0. The Morgan fingerprint density at radius 2 is 1.80 bits per heavy atom. The fourth-order valence-electron chi connectivity index (χ4n) is 1.11. The van der Waals surface area contributed by atoms with Crippen molar-refractivity contribution in [3.63, 3.8) is 0 Å². The molecule has 0 amide bonds. The summed E-state index contributed by atoms with van der Waals surface area (Å²) in [7, 11) is 0. The van der Waals surface area contributed by atoms with Gasteiger partial charge in [-0.2, -0.15) is 13.2 Å². The molecule has 80 valence electrons. The molecule has 0 spiro atoms. The normalized spacial score (nSPS) is 13.3. The Hall–Kier alpha value is -1.47. The number of hydrogen-bond acceptors (Lipinski definition) is 1. The van der Waals surface area contributed by atoms with Gasteiger partial charge >= 0.3 is 6.18 Å². The maximum atomic E-state index is 12.1. The van der Waals surface area contributed by atoms with Crippen LogP contribution in [0, 0.1) is 12.3 Å². The van der Waals surface area contributed by atoms with E-state index in [1.807, 2.05) is 0 Å². The largest absolute Gasteiger partial charge is 0.403 e. The van der Waals surface area contributed by atoms with Gasteiger partial charge in [0, 0.05) is 5.56 Å². The highest BCUT2D eigenvalue weighted by atomic mass is 19.4. The van der Waals surface area contributed by atoms with Gasteiger partial charge in [0.2, 0.25) is 0 Å². The minimum atomic E-state index is -4.36. The fourth-order valence-corrected chi connectivity index (χ4v) is 1.11. The molecule has 4 heteroatoms. The van der Waals surface area contributed by atoms with E-state index >= 15 is 0 Å². The van der Waals surface area contributed by atoms with E-state index in [1.165, 1.54) is 0 Å². The quantitative estimate of drug-likeness (QED) is 0.748. The Labute approximate surface area is 86.1 Å². The van der Waals surface area contributed by atoms with Crippen molar-refractivity contribution >= 4 is 0 Å². The Morgan fingerprint density at radius 1 is 1.27 bits per heavy atom. The highest BCUT2D eigenvalue weighted by Crippen LogP contribution is 2.21. The lowest BCUT2D eigenvalue weighted by atomic mass is 10.0. The summed E-state index contributed by atoms with van der Waals surface area (Å²) in [5, 5.41) is 0. The van der Waals surface area contributed by atoms with Crippen molar-refractivity contribution in [3.8, 4) is 12.3 Å². The molecule has 2 N–H and O–H groups in total. The van der Waals surface area contributed by atoms with Crippen LogP contribution in [-0.4, -0.2) is 12.2 Å². The molecular weight excluding hydrogens is 203 g/mol. The molecule has 1 aromatic rings. The Balaban J connectivity index is 2.70. The number of benzene rings is 1. The molecule has 1 unspecified atom stereocenters. The topological polar surface area (TPSA) is 26.0 Å². The van der Waals surface area contributed by atoms with Crippen LogP contribution in [0.5, 0.6) is 0 Å². The van der Waals surface area contributed by atoms with Gasteiger partial charge < -0.3 is 5.73 Å². The van der Waals surface area contributed by atoms with E-state index in [1.54, 1.807) is 24.3 Å². The molecule has 0 saturated carbocycles. The Kier molecular flexibility index (Phi) is 3.38. The average molecular weight is 213 g/mol. The number of alkyl halides is 3. The van der Waals surface area contributed by atoms with E-state index < -0.39 is 12.2 Å². The summed E-state index contributed by atoms with van der Waals surface area (Å²) in [5.74, 6) is 2.38. The van der Waals surface area contributed by atoms with Crippen molar-refractivity contribution in [2.24, 2.45) is 5.73 Å². The lowest BCUT2D eigenvalue weighted by Crippen LogP contribution is -2.39. The first-order chi connectivity index (χ1) is 6.93. The van der Waals surface area contributed by atoms with Gasteiger partial charge in [-0.3, -0.25) is 0 Å². The Bertz CT molecular complexity index is 359. The maximum absolute atomic E-state index is 12.1. The second kappa shape index (κ2) is 4.37. The average Bonchev–Trinajstić information content (AvgIpc) is 2.17. The molecule has 15 heavy (non-hydrogen) atoms. The summed E-state index contributed by atoms with van der Waals surface area (Å²) < 4.78 is 36.4. The van der Waals surface area contributed by atoms with Gasteiger partial charge in [-0.1, -0.05) is 18.1 Å². The number of hydrogen-bond donors (Lipinski definition) is 1. The summed E-state index contributed by atoms with van der Waals surface area (Å²) in [6.07, 6.45) is 0.532. The van der Waals surface area contributed by atoms with Crippen LogP contribution < -0.4 is 5.73 Å². The lowest BCUT2D eigenvalue weighted by molar-refractivity contribution is -0.147. The molecule has 1 nitrogen and oxygen atoms in total. The molecule has 0 aliphatic heterocycles. The smallest absolute Gasteiger partial charge is 0.320 e. The van der Waals surface area contributed by atoms with Gasteiger partial charge in [-0.05, 0) is 24.1 Å². The van der Waals surface area contributed by atoms with Gasteiger partial charge in [-0.25, -0.2) is 0 Å². The van der Waals surface area contributed by atoms with E-state index in [4.69, 9.17) is 12.2 Å². The summed E-state index contributed by atoms with van der Waals surface area (Å²) in [4.78, 5) is 0. The van der Waals surface area contributed by atoms with Crippen molar-refractivity contribution in [3.05, 3.63) is 35.4 Å². The Morgan fingerprint density at radius 3 is 2.20 bits per heavy atom. The van der Waals surface area contributed by atoms with Crippen molar-refractivity contribution in [1.82, 2.24) is 0 Å². The molecule has 0 radical (unpaired) electrons. The van der Waals surface area contributed by atoms with E-state index in [9.17, 15) is 13.2 Å². The van der Waals surface area contributed by atoms with Gasteiger partial charge in [0.25, 0.3) is 0 Å². The van der Waals surface area contributed by atoms with Crippen LogP contribution in [0.3, 0.4) is 0 Å². The summed E-state index contributed by atoms with van der Waals surface area (Å²) in [5.41, 5.74) is 6.15. The molecule has 0 saturated heterocycles. The van der Waals surface area contributed by atoms with Crippen molar-refractivity contribution in [2.75, 3.05) is 0 Å². The van der Waals surface area contributed by atoms with Crippen LogP contribution in [0.1, 0.15) is 11.1 Å². The van der Waals surface area contributed by atoms with Crippen molar-refractivity contribution in [2.45, 2.75) is 18.6 Å². The fraction of sp³-hybridized carbons (Fsp3) is 0.273. The zero-order valence-electron chi connectivity index (χ0n) is 7.88.